The van der Waals surface area contributed by atoms with Crippen LogP contribution in [0.1, 0.15) is 11.3 Å². The predicted molar refractivity (Wildman–Crippen MR) is 78.3 cm³/mol. The molecule has 0 saturated carbocycles. The first-order valence-electron chi connectivity index (χ1n) is 6.16. The number of aryl methyl sites for hydroxylation is 2. The molecule has 0 radical (unpaired) electrons. The second kappa shape index (κ2) is 4.74. The maximum absolute atomic E-state index is 13.3. The third-order valence-corrected chi connectivity index (χ3v) is 4.32. The van der Waals surface area contributed by atoms with E-state index in [1.165, 1.54) is 21.9 Å². The number of benzene rings is 2. The normalized spacial score (nSPS) is 11.1. The summed E-state index contributed by atoms with van der Waals surface area (Å²) in [5, 5.41) is 1.20. The van der Waals surface area contributed by atoms with E-state index in [1.807, 2.05) is 6.07 Å². The van der Waals surface area contributed by atoms with Crippen molar-refractivity contribution in [2.24, 2.45) is 0 Å². The van der Waals surface area contributed by atoms with Crippen LogP contribution in [0.3, 0.4) is 0 Å². The number of nitrogens with one attached hydrogen (secondary N) is 1. The number of rotatable bonds is 2. The lowest BCUT2D eigenvalue weighted by molar-refractivity contribution is 0.624. The van der Waals surface area contributed by atoms with Gasteiger partial charge >= 0.3 is 0 Å². The summed E-state index contributed by atoms with van der Waals surface area (Å²) >= 11 is 1.60. The van der Waals surface area contributed by atoms with Crippen molar-refractivity contribution < 1.29 is 4.39 Å². The van der Waals surface area contributed by atoms with Gasteiger partial charge in [-0.3, -0.25) is 0 Å². The van der Waals surface area contributed by atoms with E-state index in [2.05, 4.69) is 37.0 Å². The molecule has 0 fully saturated rings. The van der Waals surface area contributed by atoms with Gasteiger partial charge in [-0.05, 0) is 44.2 Å². The fourth-order valence-corrected chi connectivity index (χ4v) is 3.23. The van der Waals surface area contributed by atoms with E-state index in [9.17, 15) is 4.39 Å². The quantitative estimate of drug-likeness (QED) is 0.687. The molecule has 0 unspecified atom stereocenters. The highest BCUT2D eigenvalue weighted by Gasteiger charge is 2.10. The van der Waals surface area contributed by atoms with Crippen LogP contribution in [0.2, 0.25) is 0 Å². The lowest BCUT2D eigenvalue weighted by Crippen LogP contribution is -1.78. The number of aromatic amines is 1. The molecule has 1 N–H and O–H groups in total. The van der Waals surface area contributed by atoms with Crippen LogP contribution in [-0.2, 0) is 0 Å². The molecule has 0 saturated heterocycles. The van der Waals surface area contributed by atoms with E-state index in [-0.39, 0.29) is 5.82 Å². The molecule has 1 nitrogen and oxygen atoms in total. The summed E-state index contributed by atoms with van der Waals surface area (Å²) in [4.78, 5) is 5.47. The second-order valence-electron chi connectivity index (χ2n) is 4.69. The van der Waals surface area contributed by atoms with Crippen LogP contribution in [0, 0.1) is 19.7 Å². The summed E-state index contributed by atoms with van der Waals surface area (Å²) in [6.07, 6.45) is 0. The van der Waals surface area contributed by atoms with Crippen LogP contribution in [-0.4, -0.2) is 4.98 Å². The Labute approximate surface area is 115 Å². The highest BCUT2D eigenvalue weighted by molar-refractivity contribution is 7.99. The number of aromatic nitrogens is 1. The predicted octanol–water partition coefficient (Wildman–Crippen LogP) is 5.08. The Kier molecular flexibility index (Phi) is 3.07. The van der Waals surface area contributed by atoms with Crippen molar-refractivity contribution in [3.05, 3.63) is 59.5 Å². The Morgan fingerprint density at radius 2 is 1.89 bits per heavy atom. The van der Waals surface area contributed by atoms with Gasteiger partial charge in [0.15, 0.2) is 0 Å². The molecule has 3 aromatic rings. The first kappa shape index (κ1) is 12.3. The minimum Gasteiger partial charge on any atom is -0.358 e. The Hall–Kier alpha value is -1.74. The minimum atomic E-state index is -0.196. The second-order valence-corrected chi connectivity index (χ2v) is 5.77. The lowest BCUT2D eigenvalue weighted by atomic mass is 10.2. The number of H-pyrrole nitrogens is 1. The molecule has 0 spiro atoms. The zero-order valence-corrected chi connectivity index (χ0v) is 11.6. The summed E-state index contributed by atoms with van der Waals surface area (Å²) in [6, 6.07) is 13.1. The number of hydrogen-bond acceptors (Lipinski definition) is 1. The summed E-state index contributed by atoms with van der Waals surface area (Å²) in [7, 11) is 0. The molecule has 19 heavy (non-hydrogen) atoms. The summed E-state index contributed by atoms with van der Waals surface area (Å²) in [5.74, 6) is -0.196. The molecule has 1 heterocycles. The Morgan fingerprint density at radius 3 is 2.68 bits per heavy atom. The van der Waals surface area contributed by atoms with E-state index in [1.54, 1.807) is 23.9 Å². The largest absolute Gasteiger partial charge is 0.358 e. The monoisotopic (exact) mass is 271 g/mol. The van der Waals surface area contributed by atoms with Gasteiger partial charge in [-0.15, -0.1) is 0 Å². The van der Waals surface area contributed by atoms with Crippen LogP contribution in [0.15, 0.2) is 52.3 Å². The minimum absolute atomic E-state index is 0.196. The third-order valence-electron chi connectivity index (χ3n) is 3.10. The topological polar surface area (TPSA) is 15.8 Å². The SMILES string of the molecule is Cc1ccc2[nH]c(C)c(Sc3cccc(F)c3)c2c1. The van der Waals surface area contributed by atoms with E-state index in [0.717, 1.165) is 16.1 Å². The van der Waals surface area contributed by atoms with Gasteiger partial charge in [0.2, 0.25) is 0 Å². The number of hydrogen-bond donors (Lipinski definition) is 1. The smallest absolute Gasteiger partial charge is 0.124 e. The van der Waals surface area contributed by atoms with Crippen molar-refractivity contribution in [3.63, 3.8) is 0 Å². The average Bonchev–Trinajstić information content (AvgIpc) is 2.66. The van der Waals surface area contributed by atoms with Crippen molar-refractivity contribution in [1.29, 1.82) is 0 Å². The highest BCUT2D eigenvalue weighted by Crippen LogP contribution is 2.36. The third kappa shape index (κ3) is 2.38. The molecule has 0 aliphatic carbocycles. The molecule has 0 atom stereocenters. The standard InChI is InChI=1S/C16H14FNS/c1-10-6-7-15-14(8-10)16(11(2)18-15)19-13-5-3-4-12(17)9-13/h3-9,18H,1-2H3. The molecule has 0 bridgehead atoms. The van der Waals surface area contributed by atoms with Crippen molar-refractivity contribution in [3.8, 4) is 0 Å². The lowest BCUT2D eigenvalue weighted by Gasteiger charge is -2.02. The Morgan fingerprint density at radius 1 is 1.05 bits per heavy atom. The van der Waals surface area contributed by atoms with E-state index < -0.39 is 0 Å². The molecular weight excluding hydrogens is 257 g/mol. The fraction of sp³-hybridized carbons (Fsp3) is 0.125. The molecule has 2 aromatic carbocycles. The van der Waals surface area contributed by atoms with Gasteiger partial charge < -0.3 is 4.98 Å². The maximum Gasteiger partial charge on any atom is 0.124 e. The van der Waals surface area contributed by atoms with Gasteiger partial charge in [-0.1, -0.05) is 29.5 Å². The first-order valence-corrected chi connectivity index (χ1v) is 6.97. The highest BCUT2D eigenvalue weighted by atomic mass is 32.2. The van der Waals surface area contributed by atoms with E-state index in [4.69, 9.17) is 0 Å². The molecular formula is C16H14FNS. The molecule has 3 heteroatoms. The maximum atomic E-state index is 13.3. The van der Waals surface area contributed by atoms with Gasteiger partial charge in [0.25, 0.3) is 0 Å². The van der Waals surface area contributed by atoms with Gasteiger partial charge in [0, 0.05) is 26.4 Å². The molecule has 1 aromatic heterocycles. The van der Waals surface area contributed by atoms with Crippen molar-refractivity contribution in [2.75, 3.05) is 0 Å². The molecule has 0 amide bonds. The van der Waals surface area contributed by atoms with Gasteiger partial charge in [0.05, 0.1) is 0 Å². The van der Waals surface area contributed by atoms with Crippen LogP contribution in [0.4, 0.5) is 4.39 Å². The van der Waals surface area contributed by atoms with Crippen molar-refractivity contribution in [1.82, 2.24) is 4.98 Å². The fourth-order valence-electron chi connectivity index (χ4n) is 2.20. The summed E-state index contributed by atoms with van der Waals surface area (Å²) in [5.41, 5.74) is 3.48. The van der Waals surface area contributed by atoms with Crippen LogP contribution >= 0.6 is 11.8 Å². The first-order chi connectivity index (χ1) is 9.13. The van der Waals surface area contributed by atoms with E-state index >= 15 is 0 Å². The van der Waals surface area contributed by atoms with E-state index in [0.29, 0.717) is 0 Å². The van der Waals surface area contributed by atoms with Gasteiger partial charge in [-0.25, -0.2) is 4.39 Å². The zero-order chi connectivity index (χ0) is 13.4. The van der Waals surface area contributed by atoms with Crippen molar-refractivity contribution in [2.45, 2.75) is 23.6 Å². The molecule has 3 rings (SSSR count). The van der Waals surface area contributed by atoms with Gasteiger partial charge in [0.1, 0.15) is 5.82 Å². The molecule has 0 aliphatic heterocycles. The van der Waals surface area contributed by atoms with Crippen LogP contribution in [0.5, 0.6) is 0 Å². The van der Waals surface area contributed by atoms with Crippen molar-refractivity contribution >= 4 is 22.7 Å². The summed E-state index contributed by atoms with van der Waals surface area (Å²) in [6.45, 7) is 4.13. The van der Waals surface area contributed by atoms with Crippen LogP contribution in [0.25, 0.3) is 10.9 Å². The number of halogens is 1. The molecule has 96 valence electrons. The average molecular weight is 271 g/mol. The Balaban J connectivity index is 2.09. The Bertz CT molecular complexity index is 746. The zero-order valence-electron chi connectivity index (χ0n) is 10.8. The number of fused-ring (bicyclic) bond motifs is 1. The van der Waals surface area contributed by atoms with Crippen LogP contribution < -0.4 is 0 Å². The summed E-state index contributed by atoms with van der Waals surface area (Å²) < 4.78 is 13.3. The molecule has 0 aliphatic rings. The van der Waals surface area contributed by atoms with Gasteiger partial charge in [-0.2, -0.15) is 0 Å².